The van der Waals surface area contributed by atoms with Gasteiger partial charge >= 0.3 is 0 Å². The molecule has 1 aromatic rings. The first-order valence-corrected chi connectivity index (χ1v) is 4.77. The van der Waals surface area contributed by atoms with Crippen LogP contribution >= 0.6 is 15.9 Å². The summed E-state index contributed by atoms with van der Waals surface area (Å²) >= 11 is 3.30. The molecule has 13 heavy (non-hydrogen) atoms. The lowest BCUT2D eigenvalue weighted by Gasteiger charge is -2.01. The average Bonchev–Trinajstić information content (AvgIpc) is 2.14. The van der Waals surface area contributed by atoms with Crippen molar-refractivity contribution in [3.05, 3.63) is 33.8 Å². The Morgan fingerprint density at radius 3 is 2.62 bits per heavy atom. The molecule has 1 rings (SSSR count). The highest BCUT2D eigenvalue weighted by Crippen LogP contribution is 2.17. The van der Waals surface area contributed by atoms with Crippen molar-refractivity contribution in [2.75, 3.05) is 0 Å². The Kier molecular flexibility index (Phi) is 3.91. The fourth-order valence-electron chi connectivity index (χ4n) is 1.14. The van der Waals surface area contributed by atoms with E-state index in [0.29, 0.717) is 18.4 Å². The van der Waals surface area contributed by atoms with Gasteiger partial charge in [-0.05, 0) is 29.7 Å². The van der Waals surface area contributed by atoms with Crippen LogP contribution in [-0.4, -0.2) is 0 Å². The van der Waals surface area contributed by atoms with Crippen LogP contribution in [0, 0.1) is 11.3 Å². The summed E-state index contributed by atoms with van der Waals surface area (Å²) in [5, 5.41) is 8.39. The van der Waals surface area contributed by atoms with Gasteiger partial charge < -0.3 is 0 Å². The fraction of sp³-hybridized carbons (Fsp3) is 0.300. The van der Waals surface area contributed by atoms with Gasteiger partial charge in [0.25, 0.3) is 0 Å². The van der Waals surface area contributed by atoms with Gasteiger partial charge in [0.05, 0.1) is 6.07 Å². The monoisotopic (exact) mass is 241 g/mol. The van der Waals surface area contributed by atoms with Crippen molar-refractivity contribution in [3.63, 3.8) is 0 Å². The van der Waals surface area contributed by atoms with E-state index in [-0.39, 0.29) is 0 Å². The van der Waals surface area contributed by atoms with Crippen molar-refractivity contribution in [3.8, 4) is 6.07 Å². The molecule has 68 valence electrons. The van der Waals surface area contributed by atoms with Crippen LogP contribution in [-0.2, 0) is 13.1 Å². The van der Waals surface area contributed by atoms with Gasteiger partial charge in [0.2, 0.25) is 0 Å². The number of hydrogen-bond donors (Lipinski definition) is 0. The lowest BCUT2D eigenvalue weighted by Crippen LogP contribution is -1.87. The molecule has 1 aromatic carbocycles. The zero-order valence-electron chi connectivity index (χ0n) is 7.06. The van der Waals surface area contributed by atoms with Crippen LogP contribution in [0.5, 0.6) is 0 Å². The van der Waals surface area contributed by atoms with Crippen LogP contribution in [0.3, 0.4) is 0 Å². The molecule has 0 saturated heterocycles. The molecule has 0 fully saturated rings. The number of rotatable bonds is 3. The van der Waals surface area contributed by atoms with E-state index >= 15 is 0 Å². The third kappa shape index (κ3) is 3.16. The van der Waals surface area contributed by atoms with Crippen molar-refractivity contribution >= 4 is 15.9 Å². The van der Waals surface area contributed by atoms with Crippen molar-refractivity contribution in [2.45, 2.75) is 19.5 Å². The van der Waals surface area contributed by atoms with E-state index in [1.54, 1.807) is 12.1 Å². The van der Waals surface area contributed by atoms with Gasteiger partial charge in [-0.2, -0.15) is 5.26 Å². The van der Waals surface area contributed by atoms with E-state index in [2.05, 4.69) is 22.0 Å². The molecule has 0 saturated carbocycles. The molecule has 0 heterocycles. The molecule has 0 N–H and O–H groups in total. The van der Waals surface area contributed by atoms with E-state index < -0.39 is 6.67 Å². The van der Waals surface area contributed by atoms with Gasteiger partial charge in [-0.3, -0.25) is 0 Å². The molecule has 3 heteroatoms. The Balaban J connectivity index is 2.83. The minimum absolute atomic E-state index is 0.459. The summed E-state index contributed by atoms with van der Waals surface area (Å²) < 4.78 is 13.2. The lowest BCUT2D eigenvalue weighted by molar-refractivity contribution is 0.485. The molecule has 0 unspecified atom stereocenters. The number of halogens is 2. The molecule has 0 aliphatic rings. The number of alkyl halides is 1. The SMILES string of the molecule is N#CCCc1cc(Br)cc(CF)c1. The first kappa shape index (κ1) is 10.2. The smallest absolute Gasteiger partial charge is 0.115 e. The maximum atomic E-state index is 12.3. The molecule has 0 atom stereocenters. The molecule has 0 aliphatic carbocycles. The third-order valence-corrected chi connectivity index (χ3v) is 2.15. The average molecular weight is 242 g/mol. The Labute approximate surface area is 85.3 Å². The summed E-state index contributed by atoms with van der Waals surface area (Å²) in [4.78, 5) is 0. The van der Waals surface area contributed by atoms with Gasteiger partial charge in [-0.1, -0.05) is 22.0 Å². The Morgan fingerprint density at radius 2 is 2.00 bits per heavy atom. The summed E-state index contributed by atoms with van der Waals surface area (Å²) in [5.74, 6) is 0. The molecule has 0 amide bonds. The first-order valence-electron chi connectivity index (χ1n) is 3.97. The highest BCUT2D eigenvalue weighted by molar-refractivity contribution is 9.10. The molecule has 0 aromatic heterocycles. The molecular formula is C10H9BrFN. The molecule has 1 nitrogen and oxygen atoms in total. The van der Waals surface area contributed by atoms with Gasteiger partial charge in [0.15, 0.2) is 0 Å². The van der Waals surface area contributed by atoms with E-state index in [4.69, 9.17) is 5.26 Å². The second-order valence-electron chi connectivity index (χ2n) is 2.76. The number of nitrogens with zero attached hydrogens (tertiary/aromatic N) is 1. The zero-order chi connectivity index (χ0) is 9.68. The maximum Gasteiger partial charge on any atom is 0.115 e. The van der Waals surface area contributed by atoms with Gasteiger partial charge in [0.1, 0.15) is 6.67 Å². The minimum Gasteiger partial charge on any atom is -0.246 e. The van der Waals surface area contributed by atoms with Crippen LogP contribution < -0.4 is 0 Å². The molecule has 0 bridgehead atoms. The van der Waals surface area contributed by atoms with E-state index in [1.165, 1.54) is 0 Å². The van der Waals surface area contributed by atoms with Gasteiger partial charge in [-0.25, -0.2) is 4.39 Å². The first-order chi connectivity index (χ1) is 6.26. The van der Waals surface area contributed by atoms with Crippen molar-refractivity contribution in [2.24, 2.45) is 0 Å². The number of benzene rings is 1. The predicted molar refractivity (Wildman–Crippen MR) is 52.9 cm³/mol. The largest absolute Gasteiger partial charge is 0.246 e. The summed E-state index contributed by atoms with van der Waals surface area (Å²) in [6.45, 7) is -0.459. The van der Waals surface area contributed by atoms with Crippen molar-refractivity contribution in [1.29, 1.82) is 5.26 Å². The number of nitriles is 1. The van der Waals surface area contributed by atoms with E-state index in [0.717, 1.165) is 10.0 Å². The lowest BCUT2D eigenvalue weighted by atomic mass is 10.1. The number of aryl methyl sites for hydroxylation is 1. The molecule has 0 aliphatic heterocycles. The standard InChI is InChI=1S/C10H9BrFN/c11-10-5-8(2-1-3-13)4-9(6-10)7-12/h4-6H,1-2,7H2. The van der Waals surface area contributed by atoms with Crippen LogP contribution in [0.4, 0.5) is 4.39 Å². The summed E-state index contributed by atoms with van der Waals surface area (Å²) in [5.41, 5.74) is 1.66. The molecule has 0 radical (unpaired) electrons. The van der Waals surface area contributed by atoms with Gasteiger partial charge in [-0.15, -0.1) is 0 Å². The number of hydrogen-bond acceptors (Lipinski definition) is 1. The Hall–Kier alpha value is -0.880. The van der Waals surface area contributed by atoms with Crippen molar-refractivity contribution in [1.82, 2.24) is 0 Å². The van der Waals surface area contributed by atoms with Crippen LogP contribution in [0.1, 0.15) is 17.5 Å². The molecular weight excluding hydrogens is 233 g/mol. The topological polar surface area (TPSA) is 23.8 Å². The second-order valence-corrected chi connectivity index (χ2v) is 3.68. The van der Waals surface area contributed by atoms with Crippen LogP contribution in [0.25, 0.3) is 0 Å². The van der Waals surface area contributed by atoms with Crippen LogP contribution in [0.15, 0.2) is 22.7 Å². The third-order valence-electron chi connectivity index (χ3n) is 1.70. The molecule has 0 spiro atoms. The quantitative estimate of drug-likeness (QED) is 0.797. The fourth-order valence-corrected chi connectivity index (χ4v) is 1.73. The predicted octanol–water partition coefficient (Wildman–Crippen LogP) is 3.37. The summed E-state index contributed by atoms with van der Waals surface area (Å²) in [7, 11) is 0. The highest BCUT2D eigenvalue weighted by Gasteiger charge is 1.98. The maximum absolute atomic E-state index is 12.3. The Bertz CT molecular complexity index is 330. The second kappa shape index (κ2) is 4.98. The van der Waals surface area contributed by atoms with E-state index in [1.807, 2.05) is 6.07 Å². The normalized spacial score (nSPS) is 9.62. The zero-order valence-corrected chi connectivity index (χ0v) is 8.64. The Morgan fingerprint density at radius 1 is 1.31 bits per heavy atom. The summed E-state index contributed by atoms with van der Waals surface area (Å²) in [6, 6.07) is 7.52. The summed E-state index contributed by atoms with van der Waals surface area (Å²) in [6.07, 6.45) is 1.16. The van der Waals surface area contributed by atoms with Crippen LogP contribution in [0.2, 0.25) is 0 Å². The minimum atomic E-state index is -0.459. The highest BCUT2D eigenvalue weighted by atomic mass is 79.9. The van der Waals surface area contributed by atoms with E-state index in [9.17, 15) is 4.39 Å². The van der Waals surface area contributed by atoms with Crippen molar-refractivity contribution < 1.29 is 4.39 Å². The van der Waals surface area contributed by atoms with Gasteiger partial charge in [0, 0.05) is 10.9 Å².